The molecule has 2 aliphatic heterocycles. The van der Waals surface area contributed by atoms with Crippen LogP contribution in [0, 0.1) is 0 Å². The number of benzene rings is 1. The van der Waals surface area contributed by atoms with Crippen molar-refractivity contribution in [1.29, 1.82) is 0 Å². The van der Waals surface area contributed by atoms with Gasteiger partial charge >= 0.3 is 6.09 Å². The van der Waals surface area contributed by atoms with Crippen molar-refractivity contribution >= 4 is 58.6 Å². The van der Waals surface area contributed by atoms with Gasteiger partial charge in [0.2, 0.25) is 11.9 Å². The molecule has 1 aromatic carbocycles. The molecule has 12 heteroatoms. The third kappa shape index (κ3) is 5.05. The second-order valence-electron chi connectivity index (χ2n) is 7.99. The lowest BCUT2D eigenvalue weighted by atomic mass is 10.0. The van der Waals surface area contributed by atoms with Crippen LogP contribution in [-0.2, 0) is 4.79 Å². The summed E-state index contributed by atoms with van der Waals surface area (Å²) in [5, 5.41) is 13.9. The van der Waals surface area contributed by atoms with Crippen molar-refractivity contribution in [2.24, 2.45) is 0 Å². The van der Waals surface area contributed by atoms with Gasteiger partial charge in [0, 0.05) is 42.8 Å². The number of piperazine rings is 1. The van der Waals surface area contributed by atoms with Crippen LogP contribution in [0.3, 0.4) is 0 Å². The number of hydrogen-bond donors (Lipinski definition) is 2. The number of anilines is 2. The third-order valence-corrected chi connectivity index (χ3v) is 6.78. The Balaban J connectivity index is 1.40. The van der Waals surface area contributed by atoms with Crippen LogP contribution in [0.2, 0.25) is 15.1 Å². The zero-order valence-corrected chi connectivity index (χ0v) is 20.1. The van der Waals surface area contributed by atoms with Crippen molar-refractivity contribution in [1.82, 2.24) is 19.8 Å². The van der Waals surface area contributed by atoms with E-state index in [2.05, 4.69) is 15.3 Å². The maximum Gasteiger partial charge on any atom is 0.407 e. The largest absolute Gasteiger partial charge is 0.465 e. The molecule has 0 saturated carbocycles. The van der Waals surface area contributed by atoms with E-state index in [1.807, 2.05) is 17.9 Å². The quantitative estimate of drug-likeness (QED) is 0.623. The number of carboxylic acid groups (broad SMARTS) is 1. The first-order chi connectivity index (χ1) is 15.7. The van der Waals surface area contributed by atoms with E-state index in [0.717, 1.165) is 5.56 Å². The molecule has 0 radical (unpaired) electrons. The minimum atomic E-state index is -1.05. The van der Waals surface area contributed by atoms with Crippen LogP contribution in [0.1, 0.15) is 24.9 Å². The lowest BCUT2D eigenvalue weighted by Gasteiger charge is -2.42. The Morgan fingerprint density at radius 2 is 1.85 bits per heavy atom. The minimum absolute atomic E-state index is 0.142. The lowest BCUT2D eigenvalue weighted by molar-refractivity contribution is -0.140. The number of carbonyl (C=O) groups excluding carboxylic acids is 1. The van der Waals surface area contributed by atoms with Gasteiger partial charge in [-0.3, -0.25) is 9.69 Å². The van der Waals surface area contributed by atoms with Gasteiger partial charge < -0.3 is 20.2 Å². The second kappa shape index (κ2) is 9.79. The SMILES string of the molecule is CC(Nc1nc(N2CCN(C(=O)[C@H]3CCN3C(=O)O)CC2)ncc1Cl)c1ccc(Cl)cc1Cl. The summed E-state index contributed by atoms with van der Waals surface area (Å²) in [6.07, 6.45) is 1.05. The fraction of sp³-hybridized carbons (Fsp3) is 0.429. The van der Waals surface area contributed by atoms with Crippen LogP contribution in [-0.4, -0.2) is 75.6 Å². The normalized spacial score (nSPS) is 19.2. The summed E-state index contributed by atoms with van der Waals surface area (Å²) in [5.41, 5.74) is 0.857. The molecule has 4 rings (SSSR count). The topological polar surface area (TPSA) is 102 Å². The molecule has 2 atom stereocenters. The van der Waals surface area contributed by atoms with E-state index in [-0.39, 0.29) is 11.9 Å². The first-order valence-electron chi connectivity index (χ1n) is 10.5. The van der Waals surface area contributed by atoms with E-state index in [4.69, 9.17) is 39.9 Å². The molecule has 3 heterocycles. The number of nitrogens with one attached hydrogen (secondary N) is 1. The predicted molar refractivity (Wildman–Crippen MR) is 127 cm³/mol. The number of halogens is 3. The van der Waals surface area contributed by atoms with Gasteiger partial charge in [-0.1, -0.05) is 40.9 Å². The number of nitrogens with zero attached hydrogens (tertiary/aromatic N) is 5. The van der Waals surface area contributed by atoms with Crippen LogP contribution in [0.4, 0.5) is 16.6 Å². The number of aromatic nitrogens is 2. The van der Waals surface area contributed by atoms with Crippen molar-refractivity contribution in [3.8, 4) is 0 Å². The molecule has 2 saturated heterocycles. The standard InChI is InChI=1S/C21H23Cl3N6O3/c1-12(14-3-2-13(22)10-15(14)23)26-18-16(24)11-25-20(27-18)29-8-6-28(7-9-29)19(31)17-4-5-30(17)21(32)33/h2-3,10-12,17H,4-9H2,1H3,(H,32,33)(H,25,26,27)/t12?,17-/m1/s1. The fourth-order valence-corrected chi connectivity index (χ4v) is 4.68. The Morgan fingerprint density at radius 1 is 1.12 bits per heavy atom. The molecule has 2 aliphatic rings. The summed E-state index contributed by atoms with van der Waals surface area (Å²) in [4.78, 5) is 37.6. The van der Waals surface area contributed by atoms with Gasteiger partial charge in [-0.15, -0.1) is 0 Å². The number of rotatable bonds is 5. The molecule has 2 N–H and O–H groups in total. The van der Waals surface area contributed by atoms with E-state index < -0.39 is 12.1 Å². The van der Waals surface area contributed by atoms with Gasteiger partial charge in [-0.2, -0.15) is 4.98 Å². The van der Waals surface area contributed by atoms with E-state index in [0.29, 0.717) is 66.0 Å². The number of likely N-dealkylation sites (tertiary alicyclic amines) is 1. The third-order valence-electron chi connectivity index (χ3n) is 5.94. The Labute approximate surface area is 206 Å². The monoisotopic (exact) mass is 512 g/mol. The predicted octanol–water partition coefficient (Wildman–Crippen LogP) is 4.01. The van der Waals surface area contributed by atoms with E-state index in [1.165, 1.54) is 4.90 Å². The molecule has 0 bridgehead atoms. The first-order valence-corrected chi connectivity index (χ1v) is 11.7. The highest BCUT2D eigenvalue weighted by atomic mass is 35.5. The summed E-state index contributed by atoms with van der Waals surface area (Å²) in [5.74, 6) is 0.834. The Kier molecular flexibility index (Phi) is 7.02. The molecule has 0 aliphatic carbocycles. The molecular weight excluding hydrogens is 491 g/mol. The second-order valence-corrected chi connectivity index (χ2v) is 9.24. The number of hydrogen-bond acceptors (Lipinski definition) is 6. The van der Waals surface area contributed by atoms with E-state index in [1.54, 1.807) is 23.2 Å². The van der Waals surface area contributed by atoms with E-state index in [9.17, 15) is 9.59 Å². The van der Waals surface area contributed by atoms with Crippen molar-refractivity contribution in [2.75, 3.05) is 42.9 Å². The minimum Gasteiger partial charge on any atom is -0.465 e. The van der Waals surface area contributed by atoms with Crippen molar-refractivity contribution in [3.05, 3.63) is 45.0 Å². The van der Waals surface area contributed by atoms with Crippen molar-refractivity contribution in [3.63, 3.8) is 0 Å². The number of amides is 2. The highest BCUT2D eigenvalue weighted by Gasteiger charge is 2.40. The smallest absolute Gasteiger partial charge is 0.407 e. The highest BCUT2D eigenvalue weighted by Crippen LogP contribution is 2.31. The molecule has 2 fully saturated rings. The fourth-order valence-electron chi connectivity index (χ4n) is 3.96. The van der Waals surface area contributed by atoms with Gasteiger partial charge in [0.15, 0.2) is 5.82 Å². The summed E-state index contributed by atoms with van der Waals surface area (Å²) >= 11 is 18.6. The van der Waals surface area contributed by atoms with E-state index >= 15 is 0 Å². The molecule has 176 valence electrons. The molecule has 1 unspecified atom stereocenters. The molecular formula is C21H23Cl3N6O3. The van der Waals surface area contributed by atoms with Gasteiger partial charge in [-0.05, 0) is 31.0 Å². The molecule has 33 heavy (non-hydrogen) atoms. The van der Waals surface area contributed by atoms with Crippen LogP contribution >= 0.6 is 34.8 Å². The van der Waals surface area contributed by atoms with Gasteiger partial charge in [-0.25, -0.2) is 9.78 Å². The zero-order chi connectivity index (χ0) is 23.7. The van der Waals surface area contributed by atoms with Crippen LogP contribution in [0.25, 0.3) is 0 Å². The maximum absolute atomic E-state index is 12.7. The Bertz CT molecular complexity index is 1060. The summed E-state index contributed by atoms with van der Waals surface area (Å²) in [7, 11) is 0. The molecule has 9 nitrogen and oxygen atoms in total. The van der Waals surface area contributed by atoms with Gasteiger partial charge in [0.05, 0.1) is 12.2 Å². The highest BCUT2D eigenvalue weighted by molar-refractivity contribution is 6.35. The lowest BCUT2D eigenvalue weighted by Crippen LogP contribution is -2.61. The van der Waals surface area contributed by atoms with Crippen LogP contribution in [0.5, 0.6) is 0 Å². The zero-order valence-electron chi connectivity index (χ0n) is 17.8. The van der Waals surface area contributed by atoms with Gasteiger partial charge in [0.1, 0.15) is 11.1 Å². The summed E-state index contributed by atoms with van der Waals surface area (Å²) < 4.78 is 0. The summed E-state index contributed by atoms with van der Waals surface area (Å²) in [6, 6.07) is 4.56. The first kappa shape index (κ1) is 23.7. The average Bonchev–Trinajstić information content (AvgIpc) is 2.74. The average molecular weight is 514 g/mol. The van der Waals surface area contributed by atoms with Crippen LogP contribution in [0.15, 0.2) is 24.4 Å². The van der Waals surface area contributed by atoms with Crippen LogP contribution < -0.4 is 10.2 Å². The molecule has 0 spiro atoms. The maximum atomic E-state index is 12.7. The molecule has 2 amide bonds. The van der Waals surface area contributed by atoms with Crippen molar-refractivity contribution in [2.45, 2.75) is 25.4 Å². The van der Waals surface area contributed by atoms with Crippen molar-refractivity contribution < 1.29 is 14.7 Å². The van der Waals surface area contributed by atoms with Gasteiger partial charge in [0.25, 0.3) is 0 Å². The summed E-state index contributed by atoms with van der Waals surface area (Å²) in [6.45, 7) is 4.34. The molecule has 1 aromatic heterocycles. The molecule has 2 aromatic rings. The Morgan fingerprint density at radius 3 is 2.45 bits per heavy atom. The Hall–Kier alpha value is -2.49. The number of carbonyl (C=O) groups is 2.